The Balaban J connectivity index is 1.66. The Labute approximate surface area is 141 Å². The van der Waals surface area contributed by atoms with E-state index in [-0.39, 0.29) is 11.8 Å². The second kappa shape index (κ2) is 7.85. The average molecular weight is 329 g/mol. The molecule has 2 aromatic heterocycles. The van der Waals surface area contributed by atoms with Gasteiger partial charge < -0.3 is 10.2 Å². The van der Waals surface area contributed by atoms with E-state index in [1.807, 2.05) is 6.07 Å². The van der Waals surface area contributed by atoms with E-state index in [4.69, 9.17) is 0 Å². The second-order valence-electron chi connectivity index (χ2n) is 6.00. The highest BCUT2D eigenvalue weighted by atomic mass is 16.1. The van der Waals surface area contributed by atoms with Crippen molar-refractivity contribution in [1.82, 2.24) is 30.0 Å². The van der Waals surface area contributed by atoms with Crippen molar-refractivity contribution in [3.05, 3.63) is 25.0 Å². The van der Waals surface area contributed by atoms with E-state index in [0.717, 1.165) is 44.6 Å². The largest absolute Gasteiger partial charge is 0.356 e. The van der Waals surface area contributed by atoms with Crippen molar-refractivity contribution in [2.24, 2.45) is 5.92 Å². The summed E-state index contributed by atoms with van der Waals surface area (Å²) < 4.78 is 1.60. The van der Waals surface area contributed by atoms with Gasteiger partial charge in [-0.15, -0.1) is 0 Å². The zero-order chi connectivity index (χ0) is 16.8. The van der Waals surface area contributed by atoms with Gasteiger partial charge in [0.15, 0.2) is 5.82 Å². The van der Waals surface area contributed by atoms with Gasteiger partial charge in [0, 0.05) is 25.7 Å². The molecule has 128 valence electrons. The van der Waals surface area contributed by atoms with Crippen LogP contribution in [-0.4, -0.2) is 50.3 Å². The highest BCUT2D eigenvalue weighted by Crippen LogP contribution is 2.22. The topological polar surface area (TPSA) is 88.8 Å². The number of carbonyl (C=O) groups is 1. The Hall–Kier alpha value is -2.51. The molecule has 0 aromatic carbocycles. The van der Waals surface area contributed by atoms with Crippen LogP contribution < -0.4 is 10.2 Å². The fourth-order valence-corrected chi connectivity index (χ4v) is 2.89. The molecule has 1 unspecified atom stereocenters. The van der Waals surface area contributed by atoms with Gasteiger partial charge in [-0.2, -0.15) is 5.10 Å². The zero-order valence-corrected chi connectivity index (χ0v) is 13.9. The number of hydrogen-bond acceptors (Lipinski definition) is 6. The first-order valence-corrected chi connectivity index (χ1v) is 8.47. The van der Waals surface area contributed by atoms with Gasteiger partial charge in [-0.05, 0) is 19.3 Å². The van der Waals surface area contributed by atoms with Crippen LogP contribution in [0.15, 0.2) is 25.0 Å². The number of aromatic nitrogens is 5. The molecule has 1 amide bonds. The summed E-state index contributed by atoms with van der Waals surface area (Å²) in [6, 6.07) is 1.88. The molecular weight excluding hydrogens is 306 g/mol. The van der Waals surface area contributed by atoms with Gasteiger partial charge in [0.1, 0.15) is 24.8 Å². The number of carbonyl (C=O) groups excluding carboxylic acids is 1. The minimum atomic E-state index is 0.0143. The van der Waals surface area contributed by atoms with Crippen LogP contribution in [0.2, 0.25) is 0 Å². The Kier molecular flexibility index (Phi) is 5.35. The zero-order valence-electron chi connectivity index (χ0n) is 13.9. The van der Waals surface area contributed by atoms with Crippen LogP contribution in [0.1, 0.15) is 32.6 Å². The summed E-state index contributed by atoms with van der Waals surface area (Å²) in [5, 5.41) is 7.13. The summed E-state index contributed by atoms with van der Waals surface area (Å²) in [7, 11) is 0. The molecule has 3 heterocycles. The summed E-state index contributed by atoms with van der Waals surface area (Å²) in [6.45, 7) is 4.46. The molecule has 1 aliphatic heterocycles. The molecule has 8 heteroatoms. The number of amides is 1. The van der Waals surface area contributed by atoms with Crippen molar-refractivity contribution in [3.8, 4) is 5.82 Å². The summed E-state index contributed by atoms with van der Waals surface area (Å²) >= 11 is 0. The van der Waals surface area contributed by atoms with Crippen LogP contribution in [0.4, 0.5) is 5.82 Å². The summed E-state index contributed by atoms with van der Waals surface area (Å²) in [5.74, 6) is 1.66. The molecule has 0 radical (unpaired) electrons. The number of unbranched alkanes of at least 4 members (excludes halogenated alkanes) is 1. The Bertz CT molecular complexity index is 658. The number of anilines is 1. The molecule has 24 heavy (non-hydrogen) atoms. The van der Waals surface area contributed by atoms with Crippen molar-refractivity contribution < 1.29 is 4.79 Å². The van der Waals surface area contributed by atoms with Crippen molar-refractivity contribution in [1.29, 1.82) is 0 Å². The third kappa shape index (κ3) is 3.87. The van der Waals surface area contributed by atoms with E-state index < -0.39 is 0 Å². The molecule has 1 aliphatic rings. The third-order valence-electron chi connectivity index (χ3n) is 4.24. The van der Waals surface area contributed by atoms with E-state index >= 15 is 0 Å². The fourth-order valence-electron chi connectivity index (χ4n) is 2.89. The third-order valence-corrected chi connectivity index (χ3v) is 4.24. The molecular formula is C16H23N7O. The van der Waals surface area contributed by atoms with Crippen molar-refractivity contribution >= 4 is 11.7 Å². The molecule has 0 saturated carbocycles. The standard InChI is InChI=1S/C16H23N7O/c1-2-3-6-18-16(24)13-5-4-7-22(9-13)14-8-15(20-11-19-14)23-12-17-10-21-23/h8,10-13H,2-7,9H2,1H3,(H,18,24). The number of hydrogen-bond donors (Lipinski definition) is 1. The van der Waals surface area contributed by atoms with Crippen molar-refractivity contribution in [3.63, 3.8) is 0 Å². The highest BCUT2D eigenvalue weighted by Gasteiger charge is 2.26. The molecule has 2 aromatic rings. The van der Waals surface area contributed by atoms with E-state index in [9.17, 15) is 4.79 Å². The normalized spacial score (nSPS) is 17.7. The second-order valence-corrected chi connectivity index (χ2v) is 6.00. The first-order valence-electron chi connectivity index (χ1n) is 8.47. The van der Waals surface area contributed by atoms with Crippen LogP contribution in [0.3, 0.4) is 0 Å². The van der Waals surface area contributed by atoms with E-state index in [2.05, 4.69) is 37.2 Å². The lowest BCUT2D eigenvalue weighted by molar-refractivity contribution is -0.125. The summed E-state index contributed by atoms with van der Waals surface area (Å²) in [5.41, 5.74) is 0. The SMILES string of the molecule is CCCCNC(=O)C1CCCN(c2cc(-n3cncn3)ncn2)C1. The van der Waals surface area contributed by atoms with Crippen LogP contribution in [0.5, 0.6) is 0 Å². The minimum Gasteiger partial charge on any atom is -0.356 e. The van der Waals surface area contributed by atoms with Gasteiger partial charge in [-0.25, -0.2) is 19.6 Å². The van der Waals surface area contributed by atoms with Gasteiger partial charge in [-0.3, -0.25) is 4.79 Å². The number of rotatable bonds is 6. The molecule has 1 atom stereocenters. The molecule has 0 bridgehead atoms. The van der Waals surface area contributed by atoms with Crippen LogP contribution >= 0.6 is 0 Å². The predicted octanol–water partition coefficient (Wildman–Crippen LogP) is 1.19. The summed E-state index contributed by atoms with van der Waals surface area (Å²) in [6.07, 6.45) is 8.62. The Morgan fingerprint density at radius 1 is 1.33 bits per heavy atom. The maximum absolute atomic E-state index is 12.3. The van der Waals surface area contributed by atoms with Gasteiger partial charge in [0.2, 0.25) is 5.91 Å². The van der Waals surface area contributed by atoms with Gasteiger partial charge >= 0.3 is 0 Å². The number of nitrogens with one attached hydrogen (secondary N) is 1. The first-order chi connectivity index (χ1) is 11.8. The molecule has 0 aliphatic carbocycles. The van der Waals surface area contributed by atoms with E-state index in [1.165, 1.54) is 12.7 Å². The van der Waals surface area contributed by atoms with E-state index in [0.29, 0.717) is 12.4 Å². The van der Waals surface area contributed by atoms with Crippen molar-refractivity contribution in [2.75, 3.05) is 24.5 Å². The van der Waals surface area contributed by atoms with Crippen molar-refractivity contribution in [2.45, 2.75) is 32.6 Å². The van der Waals surface area contributed by atoms with Crippen LogP contribution in [-0.2, 0) is 4.79 Å². The minimum absolute atomic E-state index is 0.0143. The van der Waals surface area contributed by atoms with Gasteiger partial charge in [0.25, 0.3) is 0 Å². The Morgan fingerprint density at radius 3 is 3.00 bits per heavy atom. The molecule has 8 nitrogen and oxygen atoms in total. The lowest BCUT2D eigenvalue weighted by atomic mass is 9.97. The monoisotopic (exact) mass is 329 g/mol. The molecule has 1 fully saturated rings. The molecule has 1 saturated heterocycles. The lowest BCUT2D eigenvalue weighted by Crippen LogP contribution is -2.43. The van der Waals surface area contributed by atoms with E-state index in [1.54, 1.807) is 11.0 Å². The quantitative estimate of drug-likeness (QED) is 0.801. The molecule has 3 rings (SSSR count). The number of nitrogens with zero attached hydrogens (tertiary/aromatic N) is 6. The predicted molar refractivity (Wildman–Crippen MR) is 89.8 cm³/mol. The fraction of sp³-hybridized carbons (Fsp3) is 0.562. The Morgan fingerprint density at radius 2 is 2.21 bits per heavy atom. The smallest absolute Gasteiger partial charge is 0.224 e. The maximum Gasteiger partial charge on any atom is 0.224 e. The molecule has 1 N–H and O–H groups in total. The summed E-state index contributed by atoms with van der Waals surface area (Å²) in [4.78, 5) is 27.0. The van der Waals surface area contributed by atoms with Gasteiger partial charge in [0.05, 0.1) is 5.92 Å². The van der Waals surface area contributed by atoms with Gasteiger partial charge in [-0.1, -0.05) is 13.3 Å². The van der Waals surface area contributed by atoms with Crippen LogP contribution in [0.25, 0.3) is 5.82 Å². The lowest BCUT2D eigenvalue weighted by Gasteiger charge is -2.32. The number of piperidine rings is 1. The first kappa shape index (κ1) is 16.4. The van der Waals surface area contributed by atoms with Crippen LogP contribution in [0, 0.1) is 5.92 Å². The molecule has 0 spiro atoms. The maximum atomic E-state index is 12.3. The highest BCUT2D eigenvalue weighted by molar-refractivity contribution is 5.79. The average Bonchev–Trinajstić information content (AvgIpc) is 3.17.